The van der Waals surface area contributed by atoms with Gasteiger partial charge in [0.05, 0.1) is 17.6 Å². The van der Waals surface area contributed by atoms with Gasteiger partial charge >= 0.3 is 5.97 Å². The van der Waals surface area contributed by atoms with Crippen molar-refractivity contribution in [3.05, 3.63) is 29.3 Å². The first-order valence-electron chi connectivity index (χ1n) is 7.16. The molecule has 0 aromatic heterocycles. The standard InChI is InChI=1S/C15H24N2O4S.ClH/c1-5-15(16,6-2)10-17-22(19,20)13-8-7-11(3)9-12(13)14(18)21-4;/h7-9,17H,5-6,10,16H2,1-4H3;1H. The number of rotatable bonds is 7. The van der Waals surface area contributed by atoms with Gasteiger partial charge in [0.15, 0.2) is 0 Å². The van der Waals surface area contributed by atoms with Crippen molar-refractivity contribution in [2.45, 2.75) is 44.0 Å². The van der Waals surface area contributed by atoms with Crippen molar-refractivity contribution in [1.82, 2.24) is 4.72 Å². The van der Waals surface area contributed by atoms with E-state index in [4.69, 9.17) is 5.73 Å². The molecule has 0 unspecified atom stereocenters. The molecule has 0 aliphatic heterocycles. The molecule has 8 heteroatoms. The molecule has 132 valence electrons. The molecule has 0 spiro atoms. The molecule has 0 atom stereocenters. The Morgan fingerprint density at radius 3 is 2.35 bits per heavy atom. The number of methoxy groups -OCH3 is 1. The summed E-state index contributed by atoms with van der Waals surface area (Å²) < 4.78 is 32.1. The van der Waals surface area contributed by atoms with Crippen molar-refractivity contribution in [1.29, 1.82) is 0 Å². The van der Waals surface area contributed by atoms with Gasteiger partial charge in [-0.15, -0.1) is 12.4 Å². The maximum Gasteiger partial charge on any atom is 0.339 e. The number of hydrogen-bond donors (Lipinski definition) is 2. The largest absolute Gasteiger partial charge is 0.465 e. The second-order valence-corrected chi connectivity index (χ2v) is 7.12. The van der Waals surface area contributed by atoms with E-state index in [2.05, 4.69) is 9.46 Å². The normalized spacial score (nSPS) is 11.7. The average molecular weight is 365 g/mol. The lowest BCUT2D eigenvalue weighted by molar-refractivity contribution is 0.0596. The van der Waals surface area contributed by atoms with E-state index >= 15 is 0 Å². The van der Waals surface area contributed by atoms with E-state index in [-0.39, 0.29) is 29.4 Å². The van der Waals surface area contributed by atoms with Gasteiger partial charge in [0.1, 0.15) is 0 Å². The fourth-order valence-electron chi connectivity index (χ4n) is 1.96. The van der Waals surface area contributed by atoms with Gasteiger partial charge in [-0.05, 0) is 31.9 Å². The van der Waals surface area contributed by atoms with E-state index < -0.39 is 21.5 Å². The van der Waals surface area contributed by atoms with E-state index in [1.165, 1.54) is 19.2 Å². The number of nitrogens with two attached hydrogens (primary N) is 1. The number of halogens is 1. The molecule has 0 saturated heterocycles. The van der Waals surface area contributed by atoms with Gasteiger partial charge in [-0.1, -0.05) is 25.5 Å². The van der Waals surface area contributed by atoms with E-state index in [1.54, 1.807) is 13.0 Å². The van der Waals surface area contributed by atoms with Crippen molar-refractivity contribution in [3.8, 4) is 0 Å². The van der Waals surface area contributed by atoms with Gasteiger partial charge in [0.2, 0.25) is 10.0 Å². The molecule has 0 bridgehead atoms. The van der Waals surface area contributed by atoms with Crippen molar-refractivity contribution >= 4 is 28.4 Å². The number of aryl methyl sites for hydroxylation is 1. The smallest absolute Gasteiger partial charge is 0.339 e. The fourth-order valence-corrected chi connectivity index (χ4v) is 3.28. The highest BCUT2D eigenvalue weighted by Gasteiger charge is 2.27. The summed E-state index contributed by atoms with van der Waals surface area (Å²) in [6.07, 6.45) is 1.29. The molecule has 0 aliphatic carbocycles. The molecule has 1 aromatic rings. The van der Waals surface area contributed by atoms with Crippen LogP contribution in [0.1, 0.15) is 42.6 Å². The van der Waals surface area contributed by atoms with Crippen LogP contribution in [0.2, 0.25) is 0 Å². The van der Waals surface area contributed by atoms with Crippen LogP contribution in [0.4, 0.5) is 0 Å². The number of carbonyl (C=O) groups excluding carboxylic acids is 1. The lowest BCUT2D eigenvalue weighted by Crippen LogP contribution is -2.49. The lowest BCUT2D eigenvalue weighted by Gasteiger charge is -2.26. The van der Waals surface area contributed by atoms with Crippen LogP contribution in [0.15, 0.2) is 23.1 Å². The minimum atomic E-state index is -3.85. The molecular weight excluding hydrogens is 340 g/mol. The summed E-state index contributed by atoms with van der Waals surface area (Å²) in [4.78, 5) is 11.7. The zero-order chi connectivity index (χ0) is 17.0. The third kappa shape index (κ3) is 5.46. The second kappa shape index (κ2) is 8.63. The number of benzene rings is 1. The quantitative estimate of drug-likeness (QED) is 0.721. The molecule has 0 radical (unpaired) electrons. The van der Waals surface area contributed by atoms with E-state index in [0.717, 1.165) is 5.56 Å². The number of ether oxygens (including phenoxy) is 1. The summed E-state index contributed by atoms with van der Waals surface area (Å²) in [6.45, 7) is 5.69. The minimum absolute atomic E-state index is 0. The molecule has 1 aromatic carbocycles. The molecule has 0 saturated carbocycles. The summed E-state index contributed by atoms with van der Waals surface area (Å²) in [5.41, 5.74) is 6.30. The zero-order valence-electron chi connectivity index (χ0n) is 13.9. The monoisotopic (exact) mass is 364 g/mol. The van der Waals surface area contributed by atoms with Crippen LogP contribution in [0, 0.1) is 6.92 Å². The Morgan fingerprint density at radius 1 is 1.30 bits per heavy atom. The molecule has 0 heterocycles. The van der Waals surface area contributed by atoms with Crippen LogP contribution in [0.3, 0.4) is 0 Å². The van der Waals surface area contributed by atoms with Crippen LogP contribution in [0.25, 0.3) is 0 Å². The predicted molar refractivity (Wildman–Crippen MR) is 92.5 cm³/mol. The molecular formula is C15H25ClN2O4S. The predicted octanol–water partition coefficient (Wildman–Crippen LogP) is 2.00. The molecule has 6 nitrogen and oxygen atoms in total. The Morgan fingerprint density at radius 2 is 1.87 bits per heavy atom. The summed E-state index contributed by atoms with van der Waals surface area (Å²) in [7, 11) is -2.63. The van der Waals surface area contributed by atoms with Crippen LogP contribution in [0.5, 0.6) is 0 Å². The molecule has 0 amide bonds. The zero-order valence-corrected chi connectivity index (χ0v) is 15.5. The summed E-state index contributed by atoms with van der Waals surface area (Å²) in [5.74, 6) is -0.686. The summed E-state index contributed by atoms with van der Waals surface area (Å²) in [5, 5.41) is 0. The Bertz CT molecular complexity index is 643. The number of hydrogen-bond acceptors (Lipinski definition) is 5. The van der Waals surface area contributed by atoms with Gasteiger partial charge in [-0.3, -0.25) is 0 Å². The molecule has 1 rings (SSSR count). The maximum absolute atomic E-state index is 12.5. The second-order valence-electron chi connectivity index (χ2n) is 5.39. The summed E-state index contributed by atoms with van der Waals surface area (Å²) >= 11 is 0. The van der Waals surface area contributed by atoms with Crippen molar-refractivity contribution in [2.24, 2.45) is 5.73 Å². The van der Waals surface area contributed by atoms with Gasteiger partial charge in [0.25, 0.3) is 0 Å². The highest BCUT2D eigenvalue weighted by Crippen LogP contribution is 2.19. The van der Waals surface area contributed by atoms with Gasteiger partial charge < -0.3 is 10.5 Å². The molecule has 0 aliphatic rings. The summed E-state index contributed by atoms with van der Waals surface area (Å²) in [6, 6.07) is 4.53. The molecule has 23 heavy (non-hydrogen) atoms. The number of sulfonamides is 1. The van der Waals surface area contributed by atoms with Crippen molar-refractivity contribution in [3.63, 3.8) is 0 Å². The Labute approximate surface area is 144 Å². The SMILES string of the molecule is CCC(N)(CC)CNS(=O)(=O)c1ccc(C)cc1C(=O)OC.Cl. The van der Waals surface area contributed by atoms with Gasteiger partial charge in [-0.2, -0.15) is 0 Å². The Balaban J connectivity index is 0.00000484. The van der Waals surface area contributed by atoms with Gasteiger partial charge in [0, 0.05) is 12.1 Å². The van der Waals surface area contributed by atoms with Crippen LogP contribution >= 0.6 is 12.4 Å². The van der Waals surface area contributed by atoms with Gasteiger partial charge in [-0.25, -0.2) is 17.9 Å². The van der Waals surface area contributed by atoms with Crippen LogP contribution < -0.4 is 10.5 Å². The van der Waals surface area contributed by atoms with Crippen molar-refractivity contribution in [2.75, 3.05) is 13.7 Å². The first-order valence-corrected chi connectivity index (χ1v) is 8.65. The third-order valence-corrected chi connectivity index (χ3v) is 5.31. The number of nitrogens with one attached hydrogen (secondary N) is 1. The highest BCUT2D eigenvalue weighted by atomic mass is 35.5. The lowest BCUT2D eigenvalue weighted by atomic mass is 9.95. The topological polar surface area (TPSA) is 98.5 Å². The Hall–Kier alpha value is -1.15. The number of carbonyl (C=O) groups is 1. The van der Waals surface area contributed by atoms with Crippen LogP contribution in [-0.2, 0) is 14.8 Å². The highest BCUT2D eigenvalue weighted by molar-refractivity contribution is 7.89. The van der Waals surface area contributed by atoms with E-state index in [1.807, 2.05) is 13.8 Å². The maximum atomic E-state index is 12.5. The van der Waals surface area contributed by atoms with Crippen LogP contribution in [-0.4, -0.2) is 33.6 Å². The first kappa shape index (κ1) is 21.9. The number of esters is 1. The van der Waals surface area contributed by atoms with Crippen molar-refractivity contribution < 1.29 is 17.9 Å². The third-order valence-electron chi connectivity index (χ3n) is 3.85. The van der Waals surface area contributed by atoms with E-state index in [9.17, 15) is 13.2 Å². The molecule has 0 fully saturated rings. The minimum Gasteiger partial charge on any atom is -0.465 e. The fraction of sp³-hybridized carbons (Fsp3) is 0.533. The molecule has 3 N–H and O–H groups in total. The van der Waals surface area contributed by atoms with E-state index in [0.29, 0.717) is 12.8 Å². The Kier molecular flexibility index (Phi) is 8.20. The average Bonchev–Trinajstić information content (AvgIpc) is 2.51. The first-order chi connectivity index (χ1) is 10.2.